The second kappa shape index (κ2) is 7.56. The van der Waals surface area contributed by atoms with E-state index in [9.17, 15) is 17.6 Å². The summed E-state index contributed by atoms with van der Waals surface area (Å²) in [5.41, 5.74) is 0.147. The van der Waals surface area contributed by atoms with Crippen molar-refractivity contribution in [2.75, 3.05) is 20.7 Å². The molecule has 0 aromatic heterocycles. The van der Waals surface area contributed by atoms with E-state index in [1.54, 1.807) is 4.72 Å². The Balaban J connectivity index is 1.63. The van der Waals surface area contributed by atoms with E-state index >= 15 is 0 Å². The summed E-state index contributed by atoms with van der Waals surface area (Å²) < 4.78 is 46.0. The summed E-state index contributed by atoms with van der Waals surface area (Å²) in [6.07, 6.45) is 7.33. The molecule has 2 saturated carbocycles. The van der Waals surface area contributed by atoms with Crippen LogP contribution in [0.4, 0.5) is 4.39 Å². The topological polar surface area (TPSA) is 75.7 Å². The Hall–Kier alpha value is -1.38. The molecule has 150 valence electrons. The summed E-state index contributed by atoms with van der Waals surface area (Å²) in [5, 5.41) is 0.0678. The van der Waals surface area contributed by atoms with Gasteiger partial charge in [-0.05, 0) is 55.9 Å². The molecule has 0 aliphatic heterocycles. The first-order valence-corrected chi connectivity index (χ1v) is 10.8. The average Bonchev–Trinajstić information content (AvgIpc) is 3.35. The van der Waals surface area contributed by atoms with Gasteiger partial charge in [0.1, 0.15) is 11.6 Å². The highest BCUT2D eigenvalue weighted by molar-refractivity contribution is 7.87. The Kier molecular flexibility index (Phi) is 5.70. The molecule has 0 radical (unpaired) electrons. The number of carbonyl (C=O) groups is 1. The first-order valence-electron chi connectivity index (χ1n) is 8.98. The van der Waals surface area contributed by atoms with Gasteiger partial charge in [-0.15, -0.1) is 0 Å². The van der Waals surface area contributed by atoms with E-state index in [1.807, 2.05) is 0 Å². The molecule has 1 aromatic carbocycles. The molecule has 6 nitrogen and oxygen atoms in total. The molecule has 0 unspecified atom stereocenters. The minimum atomic E-state index is -4.02. The largest absolute Gasteiger partial charge is 0.492 e. The van der Waals surface area contributed by atoms with Crippen molar-refractivity contribution in [2.24, 2.45) is 11.3 Å². The highest BCUT2D eigenvalue weighted by atomic mass is 35.5. The monoisotopic (exact) mass is 418 g/mol. The van der Waals surface area contributed by atoms with Gasteiger partial charge >= 0.3 is 10.2 Å². The summed E-state index contributed by atoms with van der Waals surface area (Å²) in [4.78, 5) is 12.1. The van der Waals surface area contributed by atoms with Crippen molar-refractivity contribution in [1.82, 2.24) is 9.03 Å². The molecule has 1 N–H and O–H groups in total. The second-order valence-electron chi connectivity index (χ2n) is 7.74. The zero-order valence-corrected chi connectivity index (χ0v) is 17.0. The maximum absolute atomic E-state index is 14.3. The molecular weight excluding hydrogens is 395 g/mol. The highest BCUT2D eigenvalue weighted by Crippen LogP contribution is 2.57. The first kappa shape index (κ1) is 20.4. The van der Waals surface area contributed by atoms with Crippen LogP contribution in [0.15, 0.2) is 12.1 Å². The number of nitrogens with zero attached hydrogens (tertiary/aromatic N) is 1. The minimum Gasteiger partial charge on any atom is -0.492 e. The quantitative estimate of drug-likeness (QED) is 0.768. The van der Waals surface area contributed by atoms with Crippen LogP contribution in [0, 0.1) is 17.2 Å². The predicted octanol–water partition coefficient (Wildman–Crippen LogP) is 3.36. The van der Waals surface area contributed by atoms with E-state index in [2.05, 4.69) is 0 Å². The zero-order chi connectivity index (χ0) is 19.8. The SMILES string of the molecule is CN(C)S(=O)(=O)NC(=O)c1cc(Cl)c(OCC2CCC3(CC2)CC3)cc1F. The molecular formula is C18H24ClFN2O4S. The predicted molar refractivity (Wildman–Crippen MR) is 101 cm³/mol. The number of hydrogen-bond acceptors (Lipinski definition) is 4. The molecule has 1 spiro atoms. The minimum absolute atomic E-state index is 0.0678. The third kappa shape index (κ3) is 4.73. The van der Waals surface area contributed by atoms with Crippen molar-refractivity contribution in [3.8, 4) is 5.75 Å². The van der Waals surface area contributed by atoms with Gasteiger partial charge in [0, 0.05) is 20.2 Å². The van der Waals surface area contributed by atoms with Crippen LogP contribution in [0.5, 0.6) is 5.75 Å². The van der Waals surface area contributed by atoms with Crippen molar-refractivity contribution in [3.63, 3.8) is 0 Å². The van der Waals surface area contributed by atoms with Crippen molar-refractivity contribution in [2.45, 2.75) is 38.5 Å². The number of nitrogens with one attached hydrogen (secondary N) is 1. The third-order valence-electron chi connectivity index (χ3n) is 5.57. The van der Waals surface area contributed by atoms with Crippen molar-refractivity contribution in [3.05, 3.63) is 28.5 Å². The lowest BCUT2D eigenvalue weighted by molar-refractivity contribution is 0.0975. The Morgan fingerprint density at radius 1 is 1.30 bits per heavy atom. The van der Waals surface area contributed by atoms with Crippen molar-refractivity contribution < 1.29 is 22.3 Å². The molecule has 9 heteroatoms. The Bertz CT molecular complexity index is 830. The van der Waals surface area contributed by atoms with Gasteiger partial charge in [-0.2, -0.15) is 12.7 Å². The summed E-state index contributed by atoms with van der Waals surface area (Å²) in [6, 6.07) is 2.12. The van der Waals surface area contributed by atoms with Crippen LogP contribution in [0.25, 0.3) is 0 Å². The Morgan fingerprint density at radius 2 is 1.93 bits per heavy atom. The fraction of sp³-hybridized carbons (Fsp3) is 0.611. The summed E-state index contributed by atoms with van der Waals surface area (Å²) >= 11 is 6.12. The molecule has 2 aliphatic rings. The van der Waals surface area contributed by atoms with E-state index in [-0.39, 0.29) is 10.8 Å². The van der Waals surface area contributed by atoms with E-state index in [0.29, 0.717) is 17.9 Å². The third-order valence-corrected chi connectivity index (χ3v) is 7.27. The summed E-state index contributed by atoms with van der Waals surface area (Å²) in [5.74, 6) is -1.39. The second-order valence-corrected chi connectivity index (χ2v) is 10.0. The van der Waals surface area contributed by atoms with Crippen LogP contribution < -0.4 is 9.46 Å². The molecule has 0 atom stereocenters. The number of benzene rings is 1. The molecule has 0 saturated heterocycles. The molecule has 2 fully saturated rings. The fourth-order valence-corrected chi connectivity index (χ4v) is 4.16. The average molecular weight is 419 g/mol. The highest BCUT2D eigenvalue weighted by Gasteiger charge is 2.44. The molecule has 27 heavy (non-hydrogen) atoms. The number of rotatable bonds is 6. The number of amides is 1. The van der Waals surface area contributed by atoms with E-state index < -0.39 is 27.5 Å². The standard InChI is InChI=1S/C18H24ClFN2O4S/c1-22(2)27(24,25)21-17(23)13-9-14(19)16(10-15(13)20)26-11-12-3-5-18(6-4-12)7-8-18/h9-10,12H,3-8,11H2,1-2H3,(H,21,23). The van der Waals surface area contributed by atoms with Gasteiger partial charge in [-0.1, -0.05) is 11.6 Å². The Labute approximate surface area is 164 Å². The van der Waals surface area contributed by atoms with Crippen molar-refractivity contribution >= 4 is 27.7 Å². The Morgan fingerprint density at radius 3 is 2.48 bits per heavy atom. The summed E-state index contributed by atoms with van der Waals surface area (Å²) in [7, 11) is -1.51. The summed E-state index contributed by atoms with van der Waals surface area (Å²) in [6.45, 7) is 0.454. The lowest BCUT2D eigenvalue weighted by Gasteiger charge is -2.28. The van der Waals surface area contributed by atoms with Gasteiger partial charge in [0.2, 0.25) is 0 Å². The number of hydrogen-bond donors (Lipinski definition) is 1. The maximum Gasteiger partial charge on any atom is 0.303 e. The van der Waals surface area contributed by atoms with Crippen LogP contribution in [-0.4, -0.2) is 39.3 Å². The van der Waals surface area contributed by atoms with Gasteiger partial charge in [0.05, 0.1) is 17.2 Å². The van der Waals surface area contributed by atoms with E-state index in [1.165, 1.54) is 39.8 Å². The van der Waals surface area contributed by atoms with Gasteiger partial charge in [-0.25, -0.2) is 9.11 Å². The van der Waals surface area contributed by atoms with Crippen LogP contribution in [-0.2, 0) is 10.2 Å². The maximum atomic E-state index is 14.3. The molecule has 3 rings (SSSR count). The van der Waals surface area contributed by atoms with Gasteiger partial charge in [-0.3, -0.25) is 4.79 Å². The van der Waals surface area contributed by atoms with Gasteiger partial charge in [0.25, 0.3) is 5.91 Å². The molecule has 0 heterocycles. The van der Waals surface area contributed by atoms with Crippen LogP contribution in [0.3, 0.4) is 0 Å². The van der Waals surface area contributed by atoms with Gasteiger partial charge < -0.3 is 4.74 Å². The fourth-order valence-electron chi connectivity index (χ4n) is 3.42. The number of carbonyl (C=O) groups excluding carboxylic acids is 1. The molecule has 2 aliphatic carbocycles. The normalized spacial score (nSPS) is 19.3. The number of ether oxygens (including phenoxy) is 1. The van der Waals surface area contributed by atoms with Gasteiger partial charge in [0.15, 0.2) is 0 Å². The van der Waals surface area contributed by atoms with E-state index in [4.69, 9.17) is 16.3 Å². The lowest BCUT2D eigenvalue weighted by atomic mass is 9.80. The number of halogens is 2. The van der Waals surface area contributed by atoms with Crippen LogP contribution >= 0.6 is 11.6 Å². The zero-order valence-electron chi connectivity index (χ0n) is 15.4. The molecule has 1 aromatic rings. The molecule has 1 amide bonds. The van der Waals surface area contributed by atoms with Crippen LogP contribution in [0.1, 0.15) is 48.9 Å². The van der Waals surface area contributed by atoms with Crippen molar-refractivity contribution in [1.29, 1.82) is 0 Å². The lowest BCUT2D eigenvalue weighted by Crippen LogP contribution is -2.39. The van der Waals surface area contributed by atoms with Crippen LogP contribution in [0.2, 0.25) is 5.02 Å². The first-order chi connectivity index (χ1) is 12.6. The van der Waals surface area contributed by atoms with E-state index in [0.717, 1.165) is 29.3 Å². The smallest absolute Gasteiger partial charge is 0.303 e. The molecule has 0 bridgehead atoms.